The predicted octanol–water partition coefficient (Wildman–Crippen LogP) is 4.51. The van der Waals surface area contributed by atoms with Crippen LogP contribution in [0.15, 0.2) is 54.1 Å². The average molecular weight is 362 g/mol. The van der Waals surface area contributed by atoms with Crippen molar-refractivity contribution in [1.82, 2.24) is 0 Å². The number of benzene rings is 2. The zero-order chi connectivity index (χ0) is 18.4. The number of nitrogens with zero attached hydrogens (tertiary/aromatic N) is 1. The maximum absolute atomic E-state index is 11.3. The van der Waals surface area contributed by atoms with Crippen LogP contribution < -0.4 is 4.74 Å². The van der Waals surface area contributed by atoms with Gasteiger partial charge in [0.2, 0.25) is 0 Å². The van der Waals surface area contributed by atoms with Crippen molar-refractivity contribution in [3.05, 3.63) is 80.4 Å². The summed E-state index contributed by atoms with van der Waals surface area (Å²) in [6.45, 7) is 2.13. The third-order valence-electron chi connectivity index (χ3n) is 3.52. The van der Waals surface area contributed by atoms with Gasteiger partial charge in [-0.1, -0.05) is 23.7 Å². The molecule has 0 spiro atoms. The van der Waals surface area contributed by atoms with E-state index in [-0.39, 0.29) is 17.9 Å². The van der Waals surface area contributed by atoms with E-state index >= 15 is 0 Å². The van der Waals surface area contributed by atoms with Crippen LogP contribution in [0, 0.1) is 10.1 Å². The van der Waals surface area contributed by atoms with Crippen molar-refractivity contribution in [3.8, 4) is 5.75 Å². The molecule has 1 N–H and O–H groups in total. The topological polar surface area (TPSA) is 89.7 Å². The van der Waals surface area contributed by atoms with Crippen LogP contribution in [0.3, 0.4) is 0 Å². The third-order valence-corrected chi connectivity index (χ3v) is 3.87. The minimum absolute atomic E-state index is 0.000432. The smallest absolute Gasteiger partial charge is 0.336 e. The largest absolute Gasteiger partial charge is 0.489 e. The zero-order valence-corrected chi connectivity index (χ0v) is 14.2. The highest BCUT2D eigenvalue weighted by Crippen LogP contribution is 2.22. The Morgan fingerprint density at radius 1 is 1.28 bits per heavy atom. The number of non-ortho nitro benzene ring substituents is 1. The lowest BCUT2D eigenvalue weighted by atomic mass is 10.0. The number of carbonyl (C=O) groups is 1. The number of hydrogen-bond acceptors (Lipinski definition) is 4. The Balaban J connectivity index is 2.01. The van der Waals surface area contributed by atoms with E-state index in [1.54, 1.807) is 12.1 Å². The molecule has 0 heterocycles. The minimum atomic E-state index is -1.02. The number of hydrogen-bond donors (Lipinski definition) is 1. The Morgan fingerprint density at radius 3 is 2.56 bits per heavy atom. The second-order valence-electron chi connectivity index (χ2n) is 5.37. The molecule has 0 radical (unpaired) electrons. The van der Waals surface area contributed by atoms with E-state index in [9.17, 15) is 20.0 Å². The van der Waals surface area contributed by atoms with Crippen LogP contribution in [0.2, 0.25) is 5.02 Å². The van der Waals surface area contributed by atoms with Crippen molar-refractivity contribution < 1.29 is 19.6 Å². The zero-order valence-electron chi connectivity index (χ0n) is 13.4. The van der Waals surface area contributed by atoms with Gasteiger partial charge in [0.15, 0.2) is 0 Å². The lowest BCUT2D eigenvalue weighted by Gasteiger charge is -2.08. The fourth-order valence-corrected chi connectivity index (χ4v) is 2.41. The molecule has 0 bridgehead atoms. The van der Waals surface area contributed by atoms with E-state index in [1.807, 2.05) is 13.0 Å². The van der Waals surface area contributed by atoms with Gasteiger partial charge in [-0.2, -0.15) is 0 Å². The van der Waals surface area contributed by atoms with Crippen molar-refractivity contribution in [2.75, 3.05) is 6.61 Å². The molecular weight excluding hydrogens is 346 g/mol. The van der Waals surface area contributed by atoms with Gasteiger partial charge in [0.25, 0.3) is 5.69 Å². The molecule has 25 heavy (non-hydrogen) atoms. The highest BCUT2D eigenvalue weighted by atomic mass is 35.5. The number of rotatable bonds is 7. The molecule has 7 heteroatoms. The van der Waals surface area contributed by atoms with Crippen molar-refractivity contribution in [2.45, 2.75) is 13.3 Å². The normalized spacial score (nSPS) is 11.2. The summed E-state index contributed by atoms with van der Waals surface area (Å²) >= 11 is 6.09. The van der Waals surface area contributed by atoms with Crippen LogP contribution in [-0.2, 0) is 6.42 Å². The highest BCUT2D eigenvalue weighted by Gasteiger charge is 2.12. The molecule has 0 fully saturated rings. The van der Waals surface area contributed by atoms with Gasteiger partial charge in [-0.05, 0) is 48.7 Å². The van der Waals surface area contributed by atoms with Crippen molar-refractivity contribution in [1.29, 1.82) is 0 Å². The third kappa shape index (κ3) is 5.06. The second kappa shape index (κ2) is 8.30. The Labute approximate surface area is 149 Å². The van der Waals surface area contributed by atoms with Crippen LogP contribution >= 0.6 is 11.6 Å². The van der Waals surface area contributed by atoms with Gasteiger partial charge in [0.05, 0.1) is 10.5 Å². The molecule has 2 aromatic rings. The molecule has 2 rings (SSSR count). The number of aromatic carboxylic acids is 1. The van der Waals surface area contributed by atoms with Gasteiger partial charge in [0.1, 0.15) is 12.4 Å². The van der Waals surface area contributed by atoms with Crippen molar-refractivity contribution >= 4 is 23.3 Å². The summed E-state index contributed by atoms with van der Waals surface area (Å²) in [7, 11) is 0. The van der Waals surface area contributed by atoms with Gasteiger partial charge in [-0.15, -0.1) is 0 Å². The molecule has 0 aliphatic heterocycles. The molecule has 0 aliphatic rings. The summed E-state index contributed by atoms with van der Waals surface area (Å²) < 4.78 is 5.56. The summed E-state index contributed by atoms with van der Waals surface area (Å²) in [6, 6.07) is 10.6. The van der Waals surface area contributed by atoms with E-state index in [0.717, 1.165) is 5.57 Å². The maximum atomic E-state index is 11.3. The summed E-state index contributed by atoms with van der Waals surface area (Å²) in [4.78, 5) is 21.4. The van der Waals surface area contributed by atoms with Gasteiger partial charge < -0.3 is 9.84 Å². The standard InChI is InChI=1S/C18H16ClNO5/c1-12(11-25-14-8-6-13(7-9-14)20(23)24)5-10-15-16(18(21)22)3-2-4-17(15)19/h2-9H,10-11H2,1H3,(H,21,22)/b12-5+. The quantitative estimate of drug-likeness (QED) is 0.445. The molecule has 0 saturated heterocycles. The summed E-state index contributed by atoms with van der Waals surface area (Å²) in [6.07, 6.45) is 2.22. The maximum Gasteiger partial charge on any atom is 0.336 e. The van der Waals surface area contributed by atoms with Crippen LogP contribution in [-0.4, -0.2) is 22.6 Å². The molecule has 0 saturated carbocycles. The Morgan fingerprint density at radius 2 is 1.96 bits per heavy atom. The lowest BCUT2D eigenvalue weighted by molar-refractivity contribution is -0.384. The van der Waals surface area contributed by atoms with Crippen LogP contribution in [0.25, 0.3) is 0 Å². The number of nitro groups is 1. The molecule has 130 valence electrons. The predicted molar refractivity (Wildman–Crippen MR) is 94.5 cm³/mol. The van der Waals surface area contributed by atoms with Crippen LogP contribution in [0.4, 0.5) is 5.69 Å². The molecular formula is C18H16ClNO5. The van der Waals surface area contributed by atoms with Gasteiger partial charge in [-0.3, -0.25) is 10.1 Å². The summed E-state index contributed by atoms with van der Waals surface area (Å²) in [5.41, 5.74) is 1.60. The second-order valence-corrected chi connectivity index (χ2v) is 5.77. The van der Waals surface area contributed by atoms with Gasteiger partial charge >= 0.3 is 5.97 Å². The fraction of sp³-hybridized carbons (Fsp3) is 0.167. The highest BCUT2D eigenvalue weighted by molar-refractivity contribution is 6.31. The lowest BCUT2D eigenvalue weighted by Crippen LogP contribution is -2.04. The van der Waals surface area contributed by atoms with Crippen LogP contribution in [0.1, 0.15) is 22.8 Å². The monoisotopic (exact) mass is 361 g/mol. The average Bonchev–Trinajstić information content (AvgIpc) is 2.58. The summed E-state index contributed by atoms with van der Waals surface area (Å²) in [5, 5.41) is 20.2. The Bertz CT molecular complexity index is 815. The van der Waals surface area contributed by atoms with E-state index in [2.05, 4.69) is 0 Å². The first kappa shape index (κ1) is 18.5. The van der Waals surface area contributed by atoms with E-state index in [0.29, 0.717) is 22.8 Å². The Kier molecular flexibility index (Phi) is 6.14. The molecule has 0 amide bonds. The first-order chi connectivity index (χ1) is 11.9. The SMILES string of the molecule is C/C(=C\Cc1c(Cl)cccc1C(=O)O)COc1ccc([N+](=O)[O-])cc1. The summed E-state index contributed by atoms with van der Waals surface area (Å²) in [5.74, 6) is -0.506. The minimum Gasteiger partial charge on any atom is -0.489 e. The van der Waals surface area contributed by atoms with E-state index in [4.69, 9.17) is 16.3 Å². The van der Waals surface area contributed by atoms with E-state index in [1.165, 1.54) is 30.3 Å². The number of carboxylic acid groups (broad SMARTS) is 1. The van der Waals surface area contributed by atoms with Crippen molar-refractivity contribution in [3.63, 3.8) is 0 Å². The molecule has 0 unspecified atom stereocenters. The molecule has 0 atom stereocenters. The molecule has 6 nitrogen and oxygen atoms in total. The van der Waals surface area contributed by atoms with Crippen molar-refractivity contribution in [2.24, 2.45) is 0 Å². The molecule has 2 aromatic carbocycles. The number of halogens is 1. The number of allylic oxidation sites excluding steroid dienone is 1. The number of ether oxygens (including phenoxy) is 1. The van der Waals surface area contributed by atoms with Crippen LogP contribution in [0.5, 0.6) is 5.75 Å². The Hall–Kier alpha value is -2.86. The molecule has 0 aliphatic carbocycles. The first-order valence-corrected chi connectivity index (χ1v) is 7.80. The molecule has 0 aromatic heterocycles. The fourth-order valence-electron chi connectivity index (χ4n) is 2.16. The van der Waals surface area contributed by atoms with Gasteiger partial charge in [-0.25, -0.2) is 4.79 Å². The first-order valence-electron chi connectivity index (χ1n) is 7.42. The van der Waals surface area contributed by atoms with Gasteiger partial charge in [0, 0.05) is 17.2 Å². The number of carboxylic acids is 1. The van der Waals surface area contributed by atoms with E-state index < -0.39 is 10.9 Å². The number of nitro benzene ring substituents is 1.